The Morgan fingerprint density at radius 3 is 2.85 bits per heavy atom. The first-order chi connectivity index (χ1) is 13.1. The molecule has 27 heavy (non-hydrogen) atoms. The second kappa shape index (κ2) is 7.36. The highest BCUT2D eigenvalue weighted by Gasteiger charge is 2.27. The van der Waals surface area contributed by atoms with Crippen molar-refractivity contribution in [3.8, 4) is 0 Å². The van der Waals surface area contributed by atoms with Crippen LogP contribution in [0.15, 0.2) is 48.7 Å². The molecule has 1 aromatic heterocycles. The van der Waals surface area contributed by atoms with Gasteiger partial charge in [0.1, 0.15) is 11.9 Å². The second-order valence-corrected chi connectivity index (χ2v) is 6.95. The second-order valence-electron chi connectivity index (χ2n) is 6.95. The van der Waals surface area contributed by atoms with Crippen molar-refractivity contribution < 1.29 is 9.18 Å². The highest BCUT2D eigenvalue weighted by molar-refractivity contribution is 5.83. The molecule has 2 aromatic carbocycles. The normalized spacial score (nSPS) is 16.4. The Morgan fingerprint density at radius 1 is 1.26 bits per heavy atom. The van der Waals surface area contributed by atoms with E-state index in [4.69, 9.17) is 5.73 Å². The number of hydrogen-bond donors (Lipinski definition) is 3. The molecule has 0 aliphatic carbocycles. The van der Waals surface area contributed by atoms with Crippen LogP contribution in [-0.4, -0.2) is 40.1 Å². The first-order valence-corrected chi connectivity index (χ1v) is 9.09. The van der Waals surface area contributed by atoms with Gasteiger partial charge in [0.05, 0.1) is 11.7 Å². The molecule has 1 aliphatic rings. The lowest BCUT2D eigenvalue weighted by Crippen LogP contribution is -2.45. The summed E-state index contributed by atoms with van der Waals surface area (Å²) in [5.41, 5.74) is 8.62. The minimum absolute atomic E-state index is 0.154. The summed E-state index contributed by atoms with van der Waals surface area (Å²) in [6, 6.07) is 11.5. The van der Waals surface area contributed by atoms with Crippen molar-refractivity contribution in [3.05, 3.63) is 60.0 Å². The van der Waals surface area contributed by atoms with Crippen LogP contribution in [0.25, 0.3) is 10.9 Å². The average Bonchev–Trinajstić information content (AvgIpc) is 3.15. The van der Waals surface area contributed by atoms with Gasteiger partial charge in [-0.3, -0.25) is 9.89 Å². The highest BCUT2D eigenvalue weighted by atomic mass is 19.1. The number of nitrogens with one attached hydrogen (secondary N) is 2. The minimum Gasteiger partial charge on any atom is -0.382 e. The molecule has 0 spiro atoms. The van der Waals surface area contributed by atoms with E-state index in [9.17, 15) is 9.18 Å². The Hall–Kier alpha value is -2.93. The van der Waals surface area contributed by atoms with Gasteiger partial charge in [-0.05, 0) is 48.7 Å². The number of carbonyl (C=O) groups excluding carboxylic acids is 1. The lowest BCUT2D eigenvalue weighted by atomic mass is 10.0. The molecule has 0 bridgehead atoms. The summed E-state index contributed by atoms with van der Waals surface area (Å²) in [6.07, 6.45) is 3.48. The van der Waals surface area contributed by atoms with Crippen LogP contribution >= 0.6 is 0 Å². The van der Waals surface area contributed by atoms with Crippen LogP contribution in [-0.2, 0) is 4.79 Å². The van der Waals surface area contributed by atoms with Gasteiger partial charge >= 0.3 is 0 Å². The predicted molar refractivity (Wildman–Crippen MR) is 103 cm³/mol. The van der Waals surface area contributed by atoms with Gasteiger partial charge in [-0.25, -0.2) is 4.39 Å². The van der Waals surface area contributed by atoms with Gasteiger partial charge in [0.2, 0.25) is 5.91 Å². The van der Waals surface area contributed by atoms with Crippen LogP contribution in [0.1, 0.15) is 24.4 Å². The van der Waals surface area contributed by atoms with Crippen LogP contribution in [0.3, 0.4) is 0 Å². The zero-order valence-electron chi connectivity index (χ0n) is 14.9. The van der Waals surface area contributed by atoms with Crippen molar-refractivity contribution in [1.29, 1.82) is 0 Å². The predicted octanol–water partition coefficient (Wildman–Crippen LogP) is 2.80. The molecule has 6 nitrogen and oxygen atoms in total. The average molecular weight is 367 g/mol. The molecule has 1 unspecified atom stereocenters. The highest BCUT2D eigenvalue weighted by Crippen LogP contribution is 2.22. The minimum atomic E-state index is -0.825. The number of amides is 1. The van der Waals surface area contributed by atoms with Crippen LogP contribution in [0, 0.1) is 5.82 Å². The molecule has 0 radical (unpaired) electrons. The Kier molecular flexibility index (Phi) is 4.77. The number of fused-ring (bicyclic) bond motifs is 1. The number of anilines is 1. The number of benzene rings is 2. The van der Waals surface area contributed by atoms with E-state index in [2.05, 4.69) is 21.6 Å². The van der Waals surface area contributed by atoms with E-state index in [1.165, 1.54) is 12.1 Å². The molecule has 0 saturated carbocycles. The summed E-state index contributed by atoms with van der Waals surface area (Å²) in [6.45, 7) is 1.26. The molecule has 1 atom stereocenters. The Morgan fingerprint density at radius 2 is 2.07 bits per heavy atom. The zero-order chi connectivity index (χ0) is 18.8. The zero-order valence-corrected chi connectivity index (χ0v) is 14.9. The standard InChI is InChI=1S/C20H22FN5O/c21-15-3-1-2-13(10-15)19(22)20(27)26-8-6-16(7-9-26)24-17-4-5-18-14(11-17)12-23-25-18/h1-5,10-12,16,19,24H,6-9,22H2,(H,23,25). The summed E-state index contributed by atoms with van der Waals surface area (Å²) in [7, 11) is 0. The van der Waals surface area contributed by atoms with Crippen LogP contribution in [0.4, 0.5) is 10.1 Å². The molecule has 140 valence electrons. The molecule has 4 N–H and O–H groups in total. The molecule has 1 fully saturated rings. The number of carbonyl (C=O) groups is 1. The van der Waals surface area contributed by atoms with Gasteiger partial charge in [0.15, 0.2) is 0 Å². The summed E-state index contributed by atoms with van der Waals surface area (Å²) in [5.74, 6) is -0.535. The van der Waals surface area contributed by atoms with Gasteiger partial charge in [-0.1, -0.05) is 12.1 Å². The van der Waals surface area contributed by atoms with E-state index in [1.807, 2.05) is 12.1 Å². The molecule has 1 aliphatic heterocycles. The van der Waals surface area contributed by atoms with Crippen LogP contribution < -0.4 is 11.1 Å². The Balaban J connectivity index is 1.34. The number of aromatic amines is 1. The van der Waals surface area contributed by atoms with Gasteiger partial charge in [0, 0.05) is 30.2 Å². The molecular weight excluding hydrogens is 345 g/mol. The summed E-state index contributed by atoms with van der Waals surface area (Å²) >= 11 is 0. The quantitative estimate of drug-likeness (QED) is 0.662. The third-order valence-electron chi connectivity index (χ3n) is 5.09. The monoisotopic (exact) mass is 367 g/mol. The van der Waals surface area contributed by atoms with Gasteiger partial charge in [-0.2, -0.15) is 5.10 Å². The number of hydrogen-bond acceptors (Lipinski definition) is 4. The molecule has 1 amide bonds. The smallest absolute Gasteiger partial charge is 0.244 e. The van der Waals surface area contributed by atoms with E-state index in [-0.39, 0.29) is 11.7 Å². The van der Waals surface area contributed by atoms with Gasteiger partial charge in [-0.15, -0.1) is 0 Å². The van der Waals surface area contributed by atoms with Crippen molar-refractivity contribution in [2.24, 2.45) is 5.73 Å². The number of rotatable bonds is 4. The number of H-pyrrole nitrogens is 1. The van der Waals surface area contributed by atoms with Crippen LogP contribution in [0.5, 0.6) is 0 Å². The maximum atomic E-state index is 13.4. The number of aromatic nitrogens is 2. The van der Waals surface area contributed by atoms with Gasteiger partial charge < -0.3 is 16.0 Å². The van der Waals surface area contributed by atoms with E-state index in [0.717, 1.165) is 29.4 Å². The molecule has 4 rings (SSSR count). The van der Waals surface area contributed by atoms with Gasteiger partial charge in [0.25, 0.3) is 0 Å². The third-order valence-corrected chi connectivity index (χ3v) is 5.09. The first-order valence-electron chi connectivity index (χ1n) is 9.09. The van der Waals surface area contributed by atoms with Crippen molar-refractivity contribution >= 4 is 22.5 Å². The van der Waals surface area contributed by atoms with E-state index < -0.39 is 6.04 Å². The maximum absolute atomic E-state index is 13.4. The largest absolute Gasteiger partial charge is 0.382 e. The fourth-order valence-corrected chi connectivity index (χ4v) is 3.55. The summed E-state index contributed by atoms with van der Waals surface area (Å²) in [5, 5.41) is 11.6. The molecule has 2 heterocycles. The maximum Gasteiger partial charge on any atom is 0.244 e. The Labute approximate surface area is 156 Å². The van der Waals surface area contributed by atoms with E-state index in [1.54, 1.807) is 23.2 Å². The number of likely N-dealkylation sites (tertiary alicyclic amines) is 1. The van der Waals surface area contributed by atoms with E-state index >= 15 is 0 Å². The fraction of sp³-hybridized carbons (Fsp3) is 0.300. The molecule has 7 heteroatoms. The number of nitrogens with two attached hydrogens (primary N) is 1. The van der Waals surface area contributed by atoms with Crippen LogP contribution in [0.2, 0.25) is 0 Å². The first kappa shape index (κ1) is 17.5. The lowest BCUT2D eigenvalue weighted by Gasteiger charge is -2.34. The summed E-state index contributed by atoms with van der Waals surface area (Å²) < 4.78 is 13.4. The topological polar surface area (TPSA) is 87.0 Å². The van der Waals surface area contributed by atoms with Crippen molar-refractivity contribution in [3.63, 3.8) is 0 Å². The molecule has 1 saturated heterocycles. The number of nitrogens with zero attached hydrogens (tertiary/aromatic N) is 2. The van der Waals surface area contributed by atoms with Crippen molar-refractivity contribution in [2.75, 3.05) is 18.4 Å². The Bertz CT molecular complexity index is 948. The molecular formula is C20H22FN5O. The van der Waals surface area contributed by atoms with Crippen molar-refractivity contribution in [1.82, 2.24) is 15.1 Å². The van der Waals surface area contributed by atoms with E-state index in [0.29, 0.717) is 24.7 Å². The third kappa shape index (κ3) is 3.78. The number of halogens is 1. The lowest BCUT2D eigenvalue weighted by molar-refractivity contribution is -0.133. The van der Waals surface area contributed by atoms with Crippen molar-refractivity contribution in [2.45, 2.75) is 24.9 Å². The SMILES string of the molecule is NC(C(=O)N1CCC(Nc2ccc3[nH]ncc3c2)CC1)c1cccc(F)c1. The number of piperidine rings is 1. The molecule has 3 aromatic rings. The summed E-state index contributed by atoms with van der Waals surface area (Å²) in [4.78, 5) is 14.4. The fourth-order valence-electron chi connectivity index (χ4n) is 3.55.